The minimum atomic E-state index is -1.93. The maximum absolute atomic E-state index is 11.8. The molecular formula is C60H102O28. The first-order chi connectivity index (χ1) is 41.2. The molecule has 8 fully saturated rings. The van der Waals surface area contributed by atoms with Crippen LogP contribution in [-0.2, 0) is 47.4 Å². The zero-order valence-electron chi connectivity index (χ0n) is 51.5. The molecule has 0 spiro atoms. The fourth-order valence-corrected chi connectivity index (χ4v) is 17.0. The van der Waals surface area contributed by atoms with Gasteiger partial charge in [-0.1, -0.05) is 53.2 Å². The summed E-state index contributed by atoms with van der Waals surface area (Å²) < 4.78 is 59.5. The van der Waals surface area contributed by atoms with E-state index >= 15 is 0 Å². The molecule has 28 heteroatoms. The maximum atomic E-state index is 11.8. The molecule has 0 aromatic rings. The molecule has 5 heterocycles. The van der Waals surface area contributed by atoms with Gasteiger partial charge in [-0.05, 0) is 112 Å². The third-order valence-corrected chi connectivity index (χ3v) is 22.8. The summed E-state index contributed by atoms with van der Waals surface area (Å²) in [5.74, 6) is 0.828. The van der Waals surface area contributed by atoms with Gasteiger partial charge in [0.2, 0.25) is 0 Å². The molecule has 0 bridgehead atoms. The third-order valence-electron chi connectivity index (χ3n) is 22.8. The molecule has 5 saturated heterocycles. The van der Waals surface area contributed by atoms with E-state index in [1.54, 1.807) is 13.8 Å². The van der Waals surface area contributed by atoms with E-state index in [1.807, 2.05) is 0 Å². The highest BCUT2D eigenvalue weighted by Gasteiger charge is 2.68. The van der Waals surface area contributed by atoms with Crippen molar-refractivity contribution in [2.45, 2.75) is 285 Å². The summed E-state index contributed by atoms with van der Waals surface area (Å²) in [6, 6.07) is 0. The van der Waals surface area contributed by atoms with Gasteiger partial charge in [0.1, 0.15) is 122 Å². The van der Waals surface area contributed by atoms with Crippen molar-refractivity contribution >= 4 is 0 Å². The van der Waals surface area contributed by atoms with Gasteiger partial charge in [-0.15, -0.1) is 0 Å². The molecule has 0 aromatic heterocycles. The van der Waals surface area contributed by atoms with Crippen LogP contribution in [0.5, 0.6) is 0 Å². The van der Waals surface area contributed by atoms with Gasteiger partial charge in [0, 0.05) is 5.41 Å². The van der Waals surface area contributed by atoms with Crippen LogP contribution in [0.15, 0.2) is 11.6 Å². The SMILES string of the molecule is CC(CCC(O[C@@H]1O[C@H](CO[C@@H]2O[C@H](CO)[C@@H](O)[C@H](O)[C@H]2O)[C@@H](O)[C@H](O)[C@H]1O[C@@H]1O[C@H](CO)[C@@H](O)[C@H](O)[C@H]1O)C(C)(C)O)C1CCC2(C)C3CC=C4C(CC[C@H](OC5O[C@H](CO[C@@H]6O[C@H](CO)[C@@H](O)[C@H](O)[C@H]6O)[C@@H](O)[C@H](O)[C@H]5O)C4(C)C)C3(C)CCC12C. The van der Waals surface area contributed by atoms with Crippen LogP contribution in [0.25, 0.3) is 0 Å². The Morgan fingerprint density at radius 1 is 0.500 bits per heavy atom. The predicted octanol–water partition coefficient (Wildman–Crippen LogP) is -4.38. The lowest BCUT2D eigenvalue weighted by Gasteiger charge is -2.66. The molecule has 34 atom stereocenters. The normalized spacial score (nSPS) is 51.4. The summed E-state index contributed by atoms with van der Waals surface area (Å²) in [4.78, 5) is 0. The summed E-state index contributed by atoms with van der Waals surface area (Å²) in [7, 11) is 0. The van der Waals surface area contributed by atoms with E-state index in [0.29, 0.717) is 18.8 Å². The molecule has 0 aromatic carbocycles. The smallest absolute Gasteiger partial charge is 0.187 e. The quantitative estimate of drug-likeness (QED) is 0.0512. The first-order valence-corrected chi connectivity index (χ1v) is 31.5. The molecular weight excluding hydrogens is 1170 g/mol. The van der Waals surface area contributed by atoms with Crippen molar-refractivity contribution in [3.05, 3.63) is 11.6 Å². The minimum Gasteiger partial charge on any atom is -0.394 e. The van der Waals surface area contributed by atoms with Crippen LogP contribution >= 0.6 is 0 Å². The van der Waals surface area contributed by atoms with Crippen molar-refractivity contribution in [2.75, 3.05) is 33.0 Å². The van der Waals surface area contributed by atoms with Crippen molar-refractivity contribution in [1.29, 1.82) is 0 Å². The number of hydrogen-bond donors (Lipinski definition) is 18. The molecule has 18 N–H and O–H groups in total. The Morgan fingerprint density at radius 3 is 1.44 bits per heavy atom. The highest BCUT2D eigenvalue weighted by molar-refractivity contribution is 5.30. The van der Waals surface area contributed by atoms with Gasteiger partial charge < -0.3 is 139 Å². The van der Waals surface area contributed by atoms with Crippen molar-refractivity contribution < 1.29 is 139 Å². The Balaban J connectivity index is 0.871. The van der Waals surface area contributed by atoms with Crippen molar-refractivity contribution in [2.24, 2.45) is 45.3 Å². The summed E-state index contributed by atoms with van der Waals surface area (Å²) in [5.41, 5.74) is -1.21. The average Bonchev–Trinajstić information content (AvgIpc) is 1.42. The van der Waals surface area contributed by atoms with E-state index in [1.165, 1.54) is 5.57 Å². The summed E-state index contributed by atoms with van der Waals surface area (Å²) in [6.45, 7) is 13.5. The lowest BCUT2D eigenvalue weighted by atomic mass is 9.39. The highest BCUT2D eigenvalue weighted by atomic mass is 16.8. The van der Waals surface area contributed by atoms with E-state index in [-0.39, 0.29) is 40.4 Å². The topological polar surface area (TPSA) is 456 Å². The molecule has 0 radical (unpaired) electrons. The number of ether oxygens (including phenoxy) is 10. The second-order valence-electron chi connectivity index (χ2n) is 28.6. The Morgan fingerprint density at radius 2 is 0.943 bits per heavy atom. The van der Waals surface area contributed by atoms with Gasteiger partial charge in [0.25, 0.3) is 0 Å². The van der Waals surface area contributed by atoms with E-state index in [4.69, 9.17) is 47.4 Å². The number of hydrogen-bond acceptors (Lipinski definition) is 28. The van der Waals surface area contributed by atoms with Gasteiger partial charge in [-0.3, -0.25) is 0 Å². The van der Waals surface area contributed by atoms with Crippen LogP contribution in [-0.4, -0.2) is 296 Å². The zero-order chi connectivity index (χ0) is 64.7. The first-order valence-electron chi connectivity index (χ1n) is 31.5. The molecule has 88 heavy (non-hydrogen) atoms. The Hall–Kier alpha value is -1.38. The van der Waals surface area contributed by atoms with Gasteiger partial charge in [0.05, 0.1) is 50.8 Å². The van der Waals surface area contributed by atoms with E-state index in [9.17, 15) is 91.9 Å². The molecule has 4 aliphatic carbocycles. The average molecular weight is 1270 g/mol. The molecule has 5 aliphatic heterocycles. The second kappa shape index (κ2) is 27.4. The fraction of sp³-hybridized carbons (Fsp3) is 0.967. The Labute approximate surface area is 512 Å². The van der Waals surface area contributed by atoms with Crippen LogP contribution in [0.4, 0.5) is 0 Å². The second-order valence-corrected chi connectivity index (χ2v) is 28.6. The number of rotatable bonds is 20. The molecule has 9 rings (SSSR count). The van der Waals surface area contributed by atoms with E-state index in [0.717, 1.165) is 38.5 Å². The number of allylic oxidation sites excluding steroid dienone is 1. The Kier molecular flexibility index (Phi) is 22.1. The lowest BCUT2D eigenvalue weighted by Crippen LogP contribution is -2.65. The number of aliphatic hydroxyl groups is 18. The summed E-state index contributed by atoms with van der Waals surface area (Å²) >= 11 is 0. The zero-order valence-corrected chi connectivity index (χ0v) is 51.5. The molecule has 3 saturated carbocycles. The van der Waals surface area contributed by atoms with Crippen LogP contribution in [0, 0.1) is 45.3 Å². The number of aliphatic hydroxyl groups excluding tert-OH is 17. The highest BCUT2D eigenvalue weighted by Crippen LogP contribution is 2.75. The lowest BCUT2D eigenvalue weighted by molar-refractivity contribution is -0.380. The summed E-state index contributed by atoms with van der Waals surface area (Å²) in [6.07, 6.45) is -33.6. The van der Waals surface area contributed by atoms with Crippen LogP contribution < -0.4 is 0 Å². The van der Waals surface area contributed by atoms with Gasteiger partial charge in [-0.2, -0.15) is 0 Å². The fourth-order valence-electron chi connectivity index (χ4n) is 17.0. The van der Waals surface area contributed by atoms with E-state index in [2.05, 4.69) is 47.6 Å². The van der Waals surface area contributed by atoms with Crippen LogP contribution in [0.2, 0.25) is 0 Å². The van der Waals surface area contributed by atoms with Gasteiger partial charge in [-0.25, -0.2) is 0 Å². The van der Waals surface area contributed by atoms with Gasteiger partial charge in [0.15, 0.2) is 31.5 Å². The van der Waals surface area contributed by atoms with Crippen molar-refractivity contribution in [3.63, 3.8) is 0 Å². The monoisotopic (exact) mass is 1270 g/mol. The molecule has 28 nitrogen and oxygen atoms in total. The van der Waals surface area contributed by atoms with Gasteiger partial charge >= 0.3 is 0 Å². The number of fused-ring (bicyclic) bond motifs is 5. The molecule has 9 unspecified atom stereocenters. The largest absolute Gasteiger partial charge is 0.394 e. The first kappa shape index (κ1) is 70.9. The van der Waals surface area contributed by atoms with Crippen LogP contribution in [0.1, 0.15) is 113 Å². The van der Waals surface area contributed by atoms with Crippen LogP contribution in [0.3, 0.4) is 0 Å². The predicted molar refractivity (Wildman–Crippen MR) is 299 cm³/mol. The maximum Gasteiger partial charge on any atom is 0.187 e. The Bertz CT molecular complexity index is 2310. The van der Waals surface area contributed by atoms with E-state index < -0.39 is 210 Å². The van der Waals surface area contributed by atoms with Crippen molar-refractivity contribution in [3.8, 4) is 0 Å². The standard InChI is InChI=1S/C60H102O28/c1-24(9-13-35(57(4,5)78)87-55-50(88-54-49(77)43(71)38(66)30(21-63)83-54)45(73)40(68)32(85-55)23-80-52-47(75)42(70)37(65)29(20-62)82-52)25-15-16-60(8)33-12-10-26-27(58(33,6)17-18-59(25,60)7)11-14-34(56(26,2)3)86-53-48(76)44(72)39(67)31(84-53)22-79-51-46(74)41(69)36(64)28(19-61)81-51/h10,24-25,27-55,61-78H,9,11-23H2,1-8H3/t24?,25?,27?,28-,29-,30-,31-,32-,33?,34+,35?,36-,37-,38-,39-,40-,41+,42+,43+,44+,45+,46-,47-,48-,49-,50-,51-,52-,53?,54+,55+,58?,59?,60?/m1/s1. The molecule has 510 valence electrons. The van der Waals surface area contributed by atoms with Crippen molar-refractivity contribution in [1.82, 2.24) is 0 Å². The molecule has 0 amide bonds. The minimum absolute atomic E-state index is 0.0854. The third kappa shape index (κ3) is 13.0. The molecule has 9 aliphatic rings. The summed E-state index contributed by atoms with van der Waals surface area (Å²) in [5, 5.41) is 192.